The maximum absolute atomic E-state index is 11.3. The molecular weight excluding hydrogens is 188 g/mol. The number of carbonyl (C=O) groups excluding carboxylic acids is 2. The molecule has 0 radical (unpaired) electrons. The van der Waals surface area contributed by atoms with E-state index < -0.39 is 12.0 Å². The molecule has 6 heteroatoms. The van der Waals surface area contributed by atoms with E-state index in [0.717, 1.165) is 12.8 Å². The number of ether oxygens (including phenoxy) is 1. The number of hydroxylamine groups is 1. The van der Waals surface area contributed by atoms with Crippen LogP contribution in [0.3, 0.4) is 0 Å². The molecule has 0 aromatic carbocycles. The highest BCUT2D eigenvalue weighted by Crippen LogP contribution is 2.12. The summed E-state index contributed by atoms with van der Waals surface area (Å²) in [5, 5.41) is 0. The van der Waals surface area contributed by atoms with Gasteiger partial charge in [0.25, 0.3) is 5.91 Å². The van der Waals surface area contributed by atoms with Crippen LogP contribution in [-0.2, 0) is 19.2 Å². The van der Waals surface area contributed by atoms with Crippen LogP contribution in [0.5, 0.6) is 0 Å². The molecular formula is C8H14N2O4. The monoisotopic (exact) mass is 202 g/mol. The van der Waals surface area contributed by atoms with E-state index in [4.69, 9.17) is 10.5 Å². The molecule has 0 aromatic rings. The molecule has 14 heavy (non-hydrogen) atoms. The second kappa shape index (κ2) is 5.56. The van der Waals surface area contributed by atoms with E-state index in [-0.39, 0.29) is 12.5 Å². The molecule has 1 saturated heterocycles. The molecule has 3 N–H and O–H groups in total. The van der Waals surface area contributed by atoms with E-state index in [2.05, 4.69) is 10.3 Å². The summed E-state index contributed by atoms with van der Waals surface area (Å²) in [6, 6.07) is 0. The standard InChI is InChI=1S/C8H14N2O4/c9-7(11)5-14-10-8(12)6-3-1-2-4-13-6/h6H,1-5H2,(H2,9,11)(H,10,12). The molecule has 1 atom stereocenters. The Labute approximate surface area is 81.7 Å². The quantitative estimate of drug-likeness (QED) is 0.577. The van der Waals surface area contributed by atoms with Crippen LogP contribution in [0.15, 0.2) is 0 Å². The maximum atomic E-state index is 11.3. The summed E-state index contributed by atoms with van der Waals surface area (Å²) in [4.78, 5) is 26.1. The molecule has 1 aliphatic rings. The third-order valence-electron chi connectivity index (χ3n) is 1.86. The molecule has 0 aromatic heterocycles. The summed E-state index contributed by atoms with van der Waals surface area (Å²) in [6.07, 6.45) is 2.17. The van der Waals surface area contributed by atoms with E-state index >= 15 is 0 Å². The van der Waals surface area contributed by atoms with Crippen molar-refractivity contribution in [2.75, 3.05) is 13.2 Å². The van der Waals surface area contributed by atoms with Crippen LogP contribution >= 0.6 is 0 Å². The number of amides is 2. The molecule has 0 spiro atoms. The van der Waals surface area contributed by atoms with Gasteiger partial charge in [0.05, 0.1) is 0 Å². The van der Waals surface area contributed by atoms with Crippen LogP contribution in [0.25, 0.3) is 0 Å². The molecule has 2 amide bonds. The zero-order chi connectivity index (χ0) is 10.4. The summed E-state index contributed by atoms with van der Waals surface area (Å²) in [5.41, 5.74) is 6.93. The number of rotatable bonds is 4. The lowest BCUT2D eigenvalue weighted by Crippen LogP contribution is -2.39. The van der Waals surface area contributed by atoms with Crippen LogP contribution in [0, 0.1) is 0 Å². The van der Waals surface area contributed by atoms with Gasteiger partial charge in [0.15, 0.2) is 6.61 Å². The Morgan fingerprint density at radius 1 is 1.50 bits per heavy atom. The van der Waals surface area contributed by atoms with E-state index in [1.54, 1.807) is 0 Å². The maximum Gasteiger partial charge on any atom is 0.272 e. The van der Waals surface area contributed by atoms with Crippen molar-refractivity contribution in [3.05, 3.63) is 0 Å². The fourth-order valence-electron chi connectivity index (χ4n) is 1.19. The summed E-state index contributed by atoms with van der Waals surface area (Å²) >= 11 is 0. The lowest BCUT2D eigenvalue weighted by atomic mass is 10.1. The summed E-state index contributed by atoms with van der Waals surface area (Å²) in [6.45, 7) is 0.270. The fraction of sp³-hybridized carbons (Fsp3) is 0.750. The minimum Gasteiger partial charge on any atom is -0.368 e. The zero-order valence-corrected chi connectivity index (χ0v) is 7.82. The van der Waals surface area contributed by atoms with Crippen molar-refractivity contribution < 1.29 is 19.2 Å². The Bertz CT molecular complexity index is 213. The van der Waals surface area contributed by atoms with E-state index in [0.29, 0.717) is 13.0 Å². The lowest BCUT2D eigenvalue weighted by Gasteiger charge is -2.21. The third kappa shape index (κ3) is 3.71. The van der Waals surface area contributed by atoms with Gasteiger partial charge in [-0.2, -0.15) is 0 Å². The van der Waals surface area contributed by atoms with Gasteiger partial charge in [-0.15, -0.1) is 0 Å². The molecule has 1 fully saturated rings. The summed E-state index contributed by atoms with van der Waals surface area (Å²) in [5.74, 6) is -0.985. The normalized spacial score (nSPS) is 21.6. The number of carbonyl (C=O) groups is 2. The lowest BCUT2D eigenvalue weighted by molar-refractivity contribution is -0.150. The molecule has 1 aliphatic heterocycles. The molecule has 1 rings (SSSR count). The van der Waals surface area contributed by atoms with E-state index in [1.807, 2.05) is 0 Å². The number of primary amides is 1. The first-order valence-corrected chi connectivity index (χ1v) is 4.51. The first-order valence-electron chi connectivity index (χ1n) is 4.51. The SMILES string of the molecule is NC(=O)CONC(=O)C1CCCCO1. The Hall–Kier alpha value is -1.14. The van der Waals surface area contributed by atoms with Crippen LogP contribution < -0.4 is 11.2 Å². The van der Waals surface area contributed by atoms with E-state index in [1.165, 1.54) is 0 Å². The molecule has 1 heterocycles. The molecule has 0 aliphatic carbocycles. The fourth-order valence-corrected chi connectivity index (χ4v) is 1.19. The van der Waals surface area contributed by atoms with Crippen molar-refractivity contribution in [2.45, 2.75) is 25.4 Å². The molecule has 0 bridgehead atoms. The highest BCUT2D eigenvalue weighted by Gasteiger charge is 2.21. The minimum atomic E-state index is -0.630. The topological polar surface area (TPSA) is 90.7 Å². The van der Waals surface area contributed by atoms with E-state index in [9.17, 15) is 9.59 Å². The van der Waals surface area contributed by atoms with Gasteiger partial charge in [-0.3, -0.25) is 14.4 Å². The molecule has 0 saturated carbocycles. The third-order valence-corrected chi connectivity index (χ3v) is 1.86. The van der Waals surface area contributed by atoms with Crippen molar-refractivity contribution in [1.29, 1.82) is 0 Å². The van der Waals surface area contributed by atoms with Gasteiger partial charge in [0.1, 0.15) is 6.10 Å². The van der Waals surface area contributed by atoms with Crippen molar-refractivity contribution in [1.82, 2.24) is 5.48 Å². The second-order valence-corrected chi connectivity index (χ2v) is 3.08. The first kappa shape index (κ1) is 10.9. The minimum absolute atomic E-state index is 0.321. The Morgan fingerprint density at radius 3 is 2.86 bits per heavy atom. The highest BCUT2D eigenvalue weighted by atomic mass is 16.7. The number of hydrogen-bond acceptors (Lipinski definition) is 4. The van der Waals surface area contributed by atoms with Gasteiger partial charge in [0, 0.05) is 6.61 Å². The largest absolute Gasteiger partial charge is 0.368 e. The highest BCUT2D eigenvalue weighted by molar-refractivity contribution is 5.80. The molecule has 1 unspecified atom stereocenters. The predicted octanol–water partition coefficient (Wildman–Crippen LogP) is -0.911. The average Bonchev–Trinajstić information content (AvgIpc) is 2.18. The van der Waals surface area contributed by atoms with Crippen LogP contribution in [0.2, 0.25) is 0 Å². The van der Waals surface area contributed by atoms with Crippen LogP contribution in [0.1, 0.15) is 19.3 Å². The Kier molecular flexibility index (Phi) is 4.34. The molecule has 6 nitrogen and oxygen atoms in total. The van der Waals surface area contributed by atoms with Gasteiger partial charge >= 0.3 is 0 Å². The summed E-state index contributed by atoms with van der Waals surface area (Å²) < 4.78 is 5.19. The number of nitrogens with one attached hydrogen (secondary N) is 1. The van der Waals surface area contributed by atoms with Crippen LogP contribution in [0.4, 0.5) is 0 Å². The van der Waals surface area contributed by atoms with Gasteiger partial charge < -0.3 is 10.5 Å². The van der Waals surface area contributed by atoms with Crippen LogP contribution in [-0.4, -0.2) is 31.1 Å². The molecule has 80 valence electrons. The Balaban J connectivity index is 2.16. The van der Waals surface area contributed by atoms with Crippen molar-refractivity contribution >= 4 is 11.8 Å². The van der Waals surface area contributed by atoms with Gasteiger partial charge in [-0.1, -0.05) is 0 Å². The van der Waals surface area contributed by atoms with Gasteiger partial charge in [0.2, 0.25) is 5.91 Å². The van der Waals surface area contributed by atoms with Crippen molar-refractivity contribution in [2.24, 2.45) is 5.73 Å². The van der Waals surface area contributed by atoms with Crippen molar-refractivity contribution in [3.8, 4) is 0 Å². The Morgan fingerprint density at radius 2 is 2.29 bits per heavy atom. The smallest absolute Gasteiger partial charge is 0.272 e. The van der Waals surface area contributed by atoms with Crippen molar-refractivity contribution in [3.63, 3.8) is 0 Å². The second-order valence-electron chi connectivity index (χ2n) is 3.08. The average molecular weight is 202 g/mol. The predicted molar refractivity (Wildman–Crippen MR) is 46.9 cm³/mol. The number of hydrogen-bond donors (Lipinski definition) is 2. The van der Waals surface area contributed by atoms with Gasteiger partial charge in [-0.25, -0.2) is 5.48 Å². The number of nitrogens with two attached hydrogens (primary N) is 1. The van der Waals surface area contributed by atoms with Gasteiger partial charge in [-0.05, 0) is 19.3 Å². The first-order chi connectivity index (χ1) is 6.70. The summed E-state index contributed by atoms with van der Waals surface area (Å²) in [7, 11) is 0. The zero-order valence-electron chi connectivity index (χ0n) is 7.82.